The number of ether oxygens (including phenoxy) is 2. The van der Waals surface area contributed by atoms with E-state index in [9.17, 15) is 13.2 Å². The lowest BCUT2D eigenvalue weighted by molar-refractivity contribution is 0.0923. The number of carbonyl (C=O) groups is 1. The van der Waals surface area contributed by atoms with Crippen molar-refractivity contribution in [1.82, 2.24) is 10.6 Å². The van der Waals surface area contributed by atoms with Crippen LogP contribution >= 0.6 is 12.4 Å². The maximum Gasteiger partial charge on any atom is 0.251 e. The summed E-state index contributed by atoms with van der Waals surface area (Å²) in [5.74, 6) is 0.264. The molecule has 0 radical (unpaired) electrons. The van der Waals surface area contributed by atoms with Gasteiger partial charge in [-0.15, -0.1) is 12.4 Å². The number of anilines is 1. The van der Waals surface area contributed by atoms with Gasteiger partial charge in [0.1, 0.15) is 0 Å². The summed E-state index contributed by atoms with van der Waals surface area (Å²) in [6.07, 6.45) is 5.15. The van der Waals surface area contributed by atoms with Gasteiger partial charge in [-0.1, -0.05) is 0 Å². The fourth-order valence-electron chi connectivity index (χ4n) is 3.81. The minimum Gasteiger partial charge on any atom is -0.493 e. The highest BCUT2D eigenvalue weighted by Gasteiger charge is 2.34. The molecule has 0 saturated carbocycles. The molecular formula is C17H26ClN3O5S. The van der Waals surface area contributed by atoms with Crippen molar-refractivity contribution in [3.8, 4) is 11.5 Å². The molecule has 2 atom stereocenters. The van der Waals surface area contributed by atoms with Gasteiger partial charge >= 0.3 is 0 Å². The standard InChI is InChI=1S/C17H25N3O5S.ClH/c1-24-15-7-10(6-14(16(15)25-2)20-26(3,22)23)17(21)19-13-8-11-4-5-12(9-13)18-11;/h6-7,11-13,18,20H,4-5,8-9H2,1-3H3,(H,19,21);1H. The molecule has 2 unspecified atom stereocenters. The molecule has 2 saturated heterocycles. The van der Waals surface area contributed by atoms with E-state index in [1.165, 1.54) is 20.3 Å². The summed E-state index contributed by atoms with van der Waals surface area (Å²) >= 11 is 0. The lowest BCUT2D eigenvalue weighted by Gasteiger charge is -2.29. The van der Waals surface area contributed by atoms with Gasteiger partial charge in [0.25, 0.3) is 5.91 Å². The first kappa shape index (κ1) is 21.6. The van der Waals surface area contributed by atoms with Crippen LogP contribution in [0.25, 0.3) is 0 Å². The number of hydrogen-bond donors (Lipinski definition) is 3. The summed E-state index contributed by atoms with van der Waals surface area (Å²) in [5, 5.41) is 6.60. The summed E-state index contributed by atoms with van der Waals surface area (Å²) in [7, 11) is -0.685. The van der Waals surface area contributed by atoms with Crippen LogP contribution in [0.3, 0.4) is 0 Å². The molecule has 0 spiro atoms. The van der Waals surface area contributed by atoms with Crippen LogP contribution in [0.5, 0.6) is 11.5 Å². The number of carbonyl (C=O) groups excluding carboxylic acids is 1. The zero-order valence-electron chi connectivity index (χ0n) is 15.6. The Morgan fingerprint density at radius 1 is 1.15 bits per heavy atom. The van der Waals surface area contributed by atoms with Gasteiger partial charge in [-0.3, -0.25) is 9.52 Å². The van der Waals surface area contributed by atoms with E-state index in [1.54, 1.807) is 6.07 Å². The lowest BCUT2D eigenvalue weighted by atomic mass is 9.99. The van der Waals surface area contributed by atoms with E-state index in [-0.39, 0.29) is 41.5 Å². The molecule has 0 aliphatic carbocycles. The molecule has 2 bridgehead atoms. The maximum atomic E-state index is 12.7. The summed E-state index contributed by atoms with van der Waals surface area (Å²) in [5.41, 5.74) is 0.490. The van der Waals surface area contributed by atoms with Crippen LogP contribution < -0.4 is 24.8 Å². The molecule has 3 N–H and O–H groups in total. The van der Waals surface area contributed by atoms with E-state index in [0.29, 0.717) is 17.6 Å². The normalized spacial score (nSPS) is 23.9. The second-order valence-electron chi connectivity index (χ2n) is 6.91. The van der Waals surface area contributed by atoms with Gasteiger partial charge < -0.3 is 20.1 Å². The fourth-order valence-corrected chi connectivity index (χ4v) is 4.37. The Balaban J connectivity index is 0.00000261. The number of hydrogen-bond acceptors (Lipinski definition) is 6. The smallest absolute Gasteiger partial charge is 0.251 e. The fraction of sp³-hybridized carbons (Fsp3) is 0.588. The molecular weight excluding hydrogens is 394 g/mol. The molecule has 0 aromatic heterocycles. The van der Waals surface area contributed by atoms with Crippen LogP contribution in [0, 0.1) is 0 Å². The van der Waals surface area contributed by atoms with Crippen molar-refractivity contribution >= 4 is 34.0 Å². The predicted octanol–water partition coefficient (Wildman–Crippen LogP) is 1.51. The molecule has 2 aliphatic heterocycles. The molecule has 1 amide bonds. The van der Waals surface area contributed by atoms with Gasteiger partial charge in [0.05, 0.1) is 26.2 Å². The zero-order valence-corrected chi connectivity index (χ0v) is 17.2. The topological polar surface area (TPSA) is 106 Å². The van der Waals surface area contributed by atoms with E-state index in [1.807, 2.05) is 0 Å². The van der Waals surface area contributed by atoms with Crippen LogP contribution in [0.4, 0.5) is 5.69 Å². The second kappa shape index (κ2) is 8.53. The van der Waals surface area contributed by atoms with Gasteiger partial charge in [0.2, 0.25) is 10.0 Å². The van der Waals surface area contributed by atoms with E-state index in [2.05, 4.69) is 15.4 Å². The van der Waals surface area contributed by atoms with Crippen molar-refractivity contribution < 1.29 is 22.7 Å². The Morgan fingerprint density at radius 2 is 1.78 bits per heavy atom. The third-order valence-electron chi connectivity index (χ3n) is 4.84. The molecule has 27 heavy (non-hydrogen) atoms. The number of benzene rings is 1. The number of halogens is 1. The Kier molecular flexibility index (Phi) is 6.82. The van der Waals surface area contributed by atoms with E-state index in [0.717, 1.165) is 31.9 Å². The van der Waals surface area contributed by atoms with Crippen molar-refractivity contribution in [1.29, 1.82) is 0 Å². The van der Waals surface area contributed by atoms with Crippen LogP contribution in [-0.4, -0.2) is 52.9 Å². The van der Waals surface area contributed by atoms with Gasteiger partial charge in [-0.05, 0) is 37.8 Å². The van der Waals surface area contributed by atoms with Crippen molar-refractivity contribution in [2.75, 3.05) is 25.2 Å². The Labute approximate surface area is 165 Å². The lowest BCUT2D eigenvalue weighted by Crippen LogP contribution is -2.48. The number of piperidine rings is 1. The van der Waals surface area contributed by atoms with E-state index >= 15 is 0 Å². The monoisotopic (exact) mass is 419 g/mol. The van der Waals surface area contributed by atoms with Gasteiger partial charge in [0, 0.05) is 23.7 Å². The van der Waals surface area contributed by atoms with Crippen molar-refractivity contribution in [2.24, 2.45) is 0 Å². The molecule has 2 fully saturated rings. The largest absolute Gasteiger partial charge is 0.493 e. The molecule has 152 valence electrons. The first-order chi connectivity index (χ1) is 12.3. The minimum atomic E-state index is -3.54. The van der Waals surface area contributed by atoms with Crippen LogP contribution in [0.2, 0.25) is 0 Å². The first-order valence-corrected chi connectivity index (χ1v) is 10.5. The number of sulfonamides is 1. The molecule has 3 rings (SSSR count). The maximum absolute atomic E-state index is 12.7. The number of methoxy groups -OCH3 is 2. The van der Waals surface area contributed by atoms with Gasteiger partial charge in [-0.25, -0.2) is 8.42 Å². The van der Waals surface area contributed by atoms with E-state index in [4.69, 9.17) is 9.47 Å². The van der Waals surface area contributed by atoms with Crippen molar-refractivity contribution in [2.45, 2.75) is 43.8 Å². The van der Waals surface area contributed by atoms with Crippen molar-refractivity contribution in [3.05, 3.63) is 17.7 Å². The summed E-state index contributed by atoms with van der Waals surface area (Å²) in [6, 6.07) is 4.06. The highest BCUT2D eigenvalue weighted by molar-refractivity contribution is 7.92. The highest BCUT2D eigenvalue weighted by atomic mass is 35.5. The molecule has 10 heteroatoms. The summed E-state index contributed by atoms with van der Waals surface area (Å²) in [4.78, 5) is 12.7. The third-order valence-corrected chi connectivity index (χ3v) is 5.44. The molecule has 1 aromatic rings. The van der Waals surface area contributed by atoms with Gasteiger partial charge in [-0.2, -0.15) is 0 Å². The average molecular weight is 420 g/mol. The zero-order chi connectivity index (χ0) is 18.9. The summed E-state index contributed by atoms with van der Waals surface area (Å²) < 4.78 is 36.1. The minimum absolute atomic E-state index is 0. The number of amides is 1. The SMILES string of the molecule is COc1cc(C(=O)NC2CC3CCC(C2)N3)cc(NS(C)(=O)=O)c1OC.Cl. The number of rotatable bonds is 6. The van der Waals surface area contributed by atoms with Crippen molar-refractivity contribution in [3.63, 3.8) is 0 Å². The molecule has 8 nitrogen and oxygen atoms in total. The highest BCUT2D eigenvalue weighted by Crippen LogP contribution is 2.37. The molecule has 1 aromatic carbocycles. The van der Waals surface area contributed by atoms with Crippen LogP contribution in [0.15, 0.2) is 12.1 Å². The van der Waals surface area contributed by atoms with E-state index < -0.39 is 10.0 Å². The predicted molar refractivity (Wildman–Crippen MR) is 106 cm³/mol. The van der Waals surface area contributed by atoms with Gasteiger partial charge in [0.15, 0.2) is 11.5 Å². The third kappa shape index (κ3) is 5.18. The van der Waals surface area contributed by atoms with Crippen LogP contribution in [0.1, 0.15) is 36.0 Å². The Bertz CT molecular complexity index is 790. The first-order valence-electron chi connectivity index (χ1n) is 8.59. The average Bonchev–Trinajstić information content (AvgIpc) is 2.91. The number of fused-ring (bicyclic) bond motifs is 2. The quantitative estimate of drug-likeness (QED) is 0.645. The number of nitrogens with one attached hydrogen (secondary N) is 3. The molecule has 2 aliphatic rings. The summed E-state index contributed by atoms with van der Waals surface area (Å²) in [6.45, 7) is 0. The second-order valence-corrected chi connectivity index (χ2v) is 8.66. The van der Waals surface area contributed by atoms with Crippen LogP contribution in [-0.2, 0) is 10.0 Å². The molecule has 2 heterocycles. The Morgan fingerprint density at radius 3 is 2.30 bits per heavy atom. The Hall–Kier alpha value is -1.71.